The molecule has 2 saturated heterocycles. The van der Waals surface area contributed by atoms with Gasteiger partial charge >= 0.3 is 0 Å². The van der Waals surface area contributed by atoms with Crippen molar-refractivity contribution in [3.8, 4) is 0 Å². The third kappa shape index (κ3) is 3.08. The Labute approximate surface area is 142 Å². The van der Waals surface area contributed by atoms with Crippen LogP contribution in [0.5, 0.6) is 0 Å². The Morgan fingerprint density at radius 2 is 1.96 bits per heavy atom. The topological polar surface area (TPSA) is 61.0 Å². The third-order valence-electron chi connectivity index (χ3n) is 5.17. The van der Waals surface area contributed by atoms with E-state index in [-0.39, 0.29) is 18.3 Å². The normalized spacial score (nSPS) is 22.3. The zero-order chi connectivity index (χ0) is 14.9. The molecule has 5 nitrogen and oxygen atoms in total. The third-order valence-corrected chi connectivity index (χ3v) is 5.17. The molecule has 23 heavy (non-hydrogen) atoms. The van der Waals surface area contributed by atoms with E-state index in [1.54, 1.807) is 0 Å². The zero-order valence-electron chi connectivity index (χ0n) is 13.1. The van der Waals surface area contributed by atoms with Gasteiger partial charge in [0.25, 0.3) is 5.91 Å². The number of piperidine rings is 1. The van der Waals surface area contributed by atoms with Crippen LogP contribution in [0.2, 0.25) is 0 Å². The van der Waals surface area contributed by atoms with Gasteiger partial charge in [0.2, 0.25) is 0 Å². The summed E-state index contributed by atoms with van der Waals surface area (Å²) in [5, 5.41) is 11.7. The van der Waals surface area contributed by atoms with Gasteiger partial charge in [-0.1, -0.05) is 18.2 Å². The van der Waals surface area contributed by atoms with Crippen LogP contribution >= 0.6 is 12.4 Å². The van der Waals surface area contributed by atoms with E-state index in [9.17, 15) is 4.79 Å². The van der Waals surface area contributed by atoms with Crippen molar-refractivity contribution in [2.75, 3.05) is 19.6 Å². The summed E-state index contributed by atoms with van der Waals surface area (Å²) in [6.45, 7) is 2.86. The number of aromatic amines is 1. The number of aromatic nitrogens is 2. The molecule has 0 radical (unpaired) electrons. The van der Waals surface area contributed by atoms with Crippen LogP contribution in [-0.4, -0.2) is 46.7 Å². The first kappa shape index (κ1) is 16.3. The molecule has 124 valence electrons. The summed E-state index contributed by atoms with van der Waals surface area (Å²) in [7, 11) is 0. The van der Waals surface area contributed by atoms with E-state index in [0.717, 1.165) is 49.3 Å². The Hall–Kier alpha value is -1.59. The average Bonchev–Trinajstić information content (AvgIpc) is 3.24. The number of carbonyl (C=O) groups excluding carboxylic acids is 1. The predicted molar refractivity (Wildman–Crippen MR) is 93.0 cm³/mol. The van der Waals surface area contributed by atoms with E-state index >= 15 is 0 Å². The molecule has 1 unspecified atom stereocenters. The van der Waals surface area contributed by atoms with Crippen LogP contribution in [0.3, 0.4) is 0 Å². The van der Waals surface area contributed by atoms with Gasteiger partial charge in [-0.3, -0.25) is 9.89 Å². The lowest BCUT2D eigenvalue weighted by Gasteiger charge is -2.34. The highest BCUT2D eigenvalue weighted by atomic mass is 35.5. The van der Waals surface area contributed by atoms with E-state index in [0.29, 0.717) is 11.7 Å². The summed E-state index contributed by atoms with van der Waals surface area (Å²) in [4.78, 5) is 14.7. The van der Waals surface area contributed by atoms with Crippen molar-refractivity contribution in [1.29, 1.82) is 0 Å². The van der Waals surface area contributed by atoms with Crippen molar-refractivity contribution in [3.05, 3.63) is 30.0 Å². The first-order chi connectivity index (χ1) is 10.8. The molecule has 2 fully saturated rings. The van der Waals surface area contributed by atoms with Gasteiger partial charge in [-0.15, -0.1) is 12.4 Å². The SMILES string of the molecule is Cl.O=C(c1n[nH]c2ccccc12)N1CCC(C2CCCN2)CC1. The second-order valence-corrected chi connectivity index (χ2v) is 6.45. The summed E-state index contributed by atoms with van der Waals surface area (Å²) >= 11 is 0. The molecule has 4 rings (SSSR count). The molecule has 1 aromatic heterocycles. The minimum atomic E-state index is 0. The van der Waals surface area contributed by atoms with Crippen molar-refractivity contribution in [3.63, 3.8) is 0 Å². The summed E-state index contributed by atoms with van der Waals surface area (Å²) in [6, 6.07) is 8.49. The molecule has 3 heterocycles. The zero-order valence-corrected chi connectivity index (χ0v) is 13.9. The van der Waals surface area contributed by atoms with Gasteiger partial charge in [-0.2, -0.15) is 5.10 Å². The van der Waals surface area contributed by atoms with Crippen LogP contribution < -0.4 is 5.32 Å². The quantitative estimate of drug-likeness (QED) is 0.887. The van der Waals surface area contributed by atoms with Crippen LogP contribution in [0.4, 0.5) is 0 Å². The molecule has 2 aliphatic heterocycles. The fourth-order valence-corrected chi connectivity index (χ4v) is 3.90. The Morgan fingerprint density at radius 3 is 2.70 bits per heavy atom. The lowest BCUT2D eigenvalue weighted by Crippen LogP contribution is -2.43. The molecular formula is C17H23ClN4O. The lowest BCUT2D eigenvalue weighted by atomic mass is 9.88. The van der Waals surface area contributed by atoms with Crippen LogP contribution in [-0.2, 0) is 0 Å². The number of benzene rings is 1. The number of hydrogen-bond donors (Lipinski definition) is 2. The molecule has 1 amide bonds. The average molecular weight is 335 g/mol. The van der Waals surface area contributed by atoms with Gasteiger partial charge in [-0.05, 0) is 44.2 Å². The number of H-pyrrole nitrogens is 1. The number of carbonyl (C=O) groups is 1. The molecule has 0 saturated carbocycles. The van der Waals surface area contributed by atoms with Gasteiger partial charge < -0.3 is 10.2 Å². The number of para-hydroxylation sites is 1. The van der Waals surface area contributed by atoms with Crippen molar-refractivity contribution in [2.45, 2.75) is 31.7 Å². The van der Waals surface area contributed by atoms with Crippen molar-refractivity contribution in [1.82, 2.24) is 20.4 Å². The summed E-state index contributed by atoms with van der Waals surface area (Å²) in [5.41, 5.74) is 1.49. The maximum absolute atomic E-state index is 12.7. The summed E-state index contributed by atoms with van der Waals surface area (Å²) in [6.07, 6.45) is 4.79. The molecule has 1 aromatic carbocycles. The first-order valence-electron chi connectivity index (χ1n) is 8.29. The van der Waals surface area contributed by atoms with E-state index in [1.807, 2.05) is 29.2 Å². The highest BCUT2D eigenvalue weighted by Gasteiger charge is 2.31. The Bertz CT molecular complexity index is 672. The van der Waals surface area contributed by atoms with Gasteiger partial charge in [0.15, 0.2) is 5.69 Å². The number of rotatable bonds is 2. The van der Waals surface area contributed by atoms with E-state index in [4.69, 9.17) is 0 Å². The molecular weight excluding hydrogens is 312 g/mol. The van der Waals surface area contributed by atoms with Gasteiger partial charge in [0, 0.05) is 24.5 Å². The van der Waals surface area contributed by atoms with Crippen LogP contribution in [0.1, 0.15) is 36.2 Å². The van der Waals surface area contributed by atoms with Gasteiger partial charge in [0.05, 0.1) is 5.52 Å². The molecule has 0 spiro atoms. The highest BCUT2D eigenvalue weighted by Crippen LogP contribution is 2.27. The van der Waals surface area contributed by atoms with E-state index in [1.165, 1.54) is 12.8 Å². The maximum Gasteiger partial charge on any atom is 0.274 e. The number of fused-ring (bicyclic) bond motifs is 1. The summed E-state index contributed by atoms with van der Waals surface area (Å²) < 4.78 is 0. The molecule has 2 N–H and O–H groups in total. The standard InChI is InChI=1S/C17H22N4O.ClH/c22-17(16-13-4-1-2-5-15(13)19-20-16)21-10-7-12(8-11-21)14-6-3-9-18-14;/h1-2,4-5,12,14,18H,3,6-11H2,(H,19,20);1H. The number of nitrogens with zero attached hydrogens (tertiary/aromatic N) is 2. The fourth-order valence-electron chi connectivity index (χ4n) is 3.90. The number of hydrogen-bond acceptors (Lipinski definition) is 3. The maximum atomic E-state index is 12.7. The van der Waals surface area contributed by atoms with Crippen LogP contribution in [0.15, 0.2) is 24.3 Å². The molecule has 0 bridgehead atoms. The number of amides is 1. The van der Waals surface area contributed by atoms with Crippen LogP contribution in [0.25, 0.3) is 10.9 Å². The van der Waals surface area contributed by atoms with E-state index < -0.39 is 0 Å². The second-order valence-electron chi connectivity index (χ2n) is 6.45. The largest absolute Gasteiger partial charge is 0.337 e. The Morgan fingerprint density at radius 1 is 1.17 bits per heavy atom. The fraction of sp³-hybridized carbons (Fsp3) is 0.529. The number of likely N-dealkylation sites (tertiary alicyclic amines) is 1. The van der Waals surface area contributed by atoms with Crippen LogP contribution in [0, 0.1) is 5.92 Å². The lowest BCUT2D eigenvalue weighted by molar-refractivity contribution is 0.0670. The van der Waals surface area contributed by atoms with Crippen molar-refractivity contribution >= 4 is 29.2 Å². The summed E-state index contributed by atoms with van der Waals surface area (Å²) in [5.74, 6) is 0.790. The smallest absolute Gasteiger partial charge is 0.274 e. The predicted octanol–water partition coefficient (Wildman–Crippen LogP) is 2.59. The highest BCUT2D eigenvalue weighted by molar-refractivity contribution is 6.04. The monoisotopic (exact) mass is 334 g/mol. The molecule has 2 aliphatic rings. The second kappa shape index (κ2) is 6.89. The molecule has 2 aromatic rings. The number of halogens is 1. The molecule has 6 heteroatoms. The molecule has 1 atom stereocenters. The van der Waals surface area contributed by atoms with E-state index in [2.05, 4.69) is 15.5 Å². The van der Waals surface area contributed by atoms with Crippen molar-refractivity contribution in [2.24, 2.45) is 5.92 Å². The van der Waals surface area contributed by atoms with Gasteiger partial charge in [-0.25, -0.2) is 0 Å². The minimum Gasteiger partial charge on any atom is -0.337 e. The number of nitrogens with one attached hydrogen (secondary N) is 2. The minimum absolute atomic E-state index is 0. The Kier molecular flexibility index (Phi) is 4.87. The van der Waals surface area contributed by atoms with Crippen molar-refractivity contribution < 1.29 is 4.79 Å². The van der Waals surface area contributed by atoms with Gasteiger partial charge in [0.1, 0.15) is 0 Å². The first-order valence-corrected chi connectivity index (χ1v) is 8.29. The Balaban J connectivity index is 0.00000156. The molecule has 0 aliphatic carbocycles.